The maximum absolute atomic E-state index is 12.7. The molecule has 1 aliphatic rings. The van der Waals surface area contributed by atoms with Crippen LogP contribution in [0.1, 0.15) is 37.8 Å². The summed E-state index contributed by atoms with van der Waals surface area (Å²) in [6.07, 6.45) is -0.0183. The van der Waals surface area contributed by atoms with Gasteiger partial charge < -0.3 is 20.2 Å². The van der Waals surface area contributed by atoms with E-state index in [1.807, 2.05) is 50.2 Å². The van der Waals surface area contributed by atoms with E-state index in [-0.39, 0.29) is 24.2 Å². The quantitative estimate of drug-likeness (QED) is 0.433. The summed E-state index contributed by atoms with van der Waals surface area (Å²) in [5.41, 5.74) is 3.18. The lowest BCUT2D eigenvalue weighted by Crippen LogP contribution is -2.60. The first-order valence-electron chi connectivity index (χ1n) is 10.3. The number of fused-ring (bicyclic) bond motifs is 3. The molecule has 31 heavy (non-hydrogen) atoms. The summed E-state index contributed by atoms with van der Waals surface area (Å²) in [6.45, 7) is 5.36. The Labute approximate surface area is 188 Å². The number of alkyl carbamates (subject to hydrolysis) is 1. The molecule has 0 radical (unpaired) electrons. The number of aldehydes is 1. The highest BCUT2D eigenvalue weighted by Crippen LogP contribution is 2.44. The van der Waals surface area contributed by atoms with Crippen molar-refractivity contribution in [2.24, 2.45) is 5.92 Å². The number of carbonyl (C=O) groups excluding carboxylic acids is 3. The van der Waals surface area contributed by atoms with E-state index in [2.05, 4.69) is 35.4 Å². The second-order valence-corrected chi connectivity index (χ2v) is 8.64. The molecule has 0 bridgehead atoms. The fourth-order valence-corrected chi connectivity index (χ4v) is 3.92. The van der Waals surface area contributed by atoms with Crippen molar-refractivity contribution in [3.63, 3.8) is 0 Å². The molecule has 2 atom stereocenters. The van der Waals surface area contributed by atoms with Gasteiger partial charge in [-0.05, 0) is 35.1 Å². The Kier molecular flexibility index (Phi) is 7.05. The summed E-state index contributed by atoms with van der Waals surface area (Å²) in [5.74, 6) is -0.580. The van der Waals surface area contributed by atoms with Crippen LogP contribution in [0.4, 0.5) is 4.79 Å². The van der Waals surface area contributed by atoms with Gasteiger partial charge >= 0.3 is 6.09 Å². The van der Waals surface area contributed by atoms with Crippen molar-refractivity contribution >= 4 is 30.9 Å². The third kappa shape index (κ3) is 4.77. The molecule has 3 rings (SSSR count). The van der Waals surface area contributed by atoms with E-state index in [0.717, 1.165) is 22.3 Å². The van der Waals surface area contributed by atoms with Crippen LogP contribution in [0.3, 0.4) is 0 Å². The Balaban J connectivity index is 1.68. The number of rotatable bonds is 8. The van der Waals surface area contributed by atoms with Gasteiger partial charge in [-0.1, -0.05) is 62.4 Å². The Morgan fingerprint density at radius 1 is 1.10 bits per heavy atom. The van der Waals surface area contributed by atoms with Gasteiger partial charge in [0.2, 0.25) is 5.91 Å². The summed E-state index contributed by atoms with van der Waals surface area (Å²) >= 11 is 4.23. The number of carbonyl (C=O) groups is 3. The van der Waals surface area contributed by atoms with Crippen molar-refractivity contribution < 1.29 is 19.1 Å². The van der Waals surface area contributed by atoms with Gasteiger partial charge in [0.05, 0.1) is 6.04 Å². The summed E-state index contributed by atoms with van der Waals surface area (Å²) in [6, 6.07) is 15.5. The molecule has 0 saturated carbocycles. The summed E-state index contributed by atoms with van der Waals surface area (Å²) in [7, 11) is 0. The number of nitrogens with one attached hydrogen (secondary N) is 2. The lowest BCUT2D eigenvalue weighted by atomic mass is 9.98. The Morgan fingerprint density at radius 2 is 1.65 bits per heavy atom. The van der Waals surface area contributed by atoms with Crippen molar-refractivity contribution in [3.05, 3.63) is 59.7 Å². The molecule has 2 aromatic carbocycles. The van der Waals surface area contributed by atoms with Crippen molar-refractivity contribution in [2.45, 2.75) is 38.3 Å². The van der Waals surface area contributed by atoms with Crippen molar-refractivity contribution in [2.75, 3.05) is 12.4 Å². The van der Waals surface area contributed by atoms with E-state index in [9.17, 15) is 14.4 Å². The van der Waals surface area contributed by atoms with Gasteiger partial charge in [0.1, 0.15) is 18.4 Å². The smallest absolute Gasteiger partial charge is 0.408 e. The van der Waals surface area contributed by atoms with Crippen LogP contribution in [0.5, 0.6) is 0 Å². The average Bonchev–Trinajstić information content (AvgIpc) is 3.09. The van der Waals surface area contributed by atoms with Gasteiger partial charge in [0.15, 0.2) is 0 Å². The lowest BCUT2D eigenvalue weighted by molar-refractivity contribution is -0.129. The van der Waals surface area contributed by atoms with Crippen molar-refractivity contribution in [1.29, 1.82) is 0 Å². The molecular weight excluding hydrogens is 412 g/mol. The summed E-state index contributed by atoms with van der Waals surface area (Å²) < 4.78 is 5.53. The van der Waals surface area contributed by atoms with Crippen LogP contribution in [0.15, 0.2) is 48.5 Å². The molecule has 2 aromatic rings. The van der Waals surface area contributed by atoms with E-state index in [0.29, 0.717) is 6.29 Å². The monoisotopic (exact) mass is 440 g/mol. The summed E-state index contributed by atoms with van der Waals surface area (Å²) in [5, 5.41) is 5.28. The van der Waals surface area contributed by atoms with Crippen molar-refractivity contribution in [3.8, 4) is 11.1 Å². The van der Waals surface area contributed by atoms with Gasteiger partial charge in [-0.15, -0.1) is 0 Å². The van der Waals surface area contributed by atoms with Crippen molar-refractivity contribution in [1.82, 2.24) is 10.6 Å². The molecule has 7 heteroatoms. The van der Waals surface area contributed by atoms with E-state index < -0.39 is 23.6 Å². The highest BCUT2D eigenvalue weighted by molar-refractivity contribution is 7.80. The predicted octanol–water partition coefficient (Wildman–Crippen LogP) is 3.55. The predicted molar refractivity (Wildman–Crippen MR) is 123 cm³/mol. The number of hydrogen-bond acceptors (Lipinski definition) is 5. The average molecular weight is 441 g/mol. The fraction of sp³-hybridized carbons (Fsp3) is 0.375. The van der Waals surface area contributed by atoms with Crippen LogP contribution in [-0.4, -0.2) is 42.2 Å². The molecule has 164 valence electrons. The largest absolute Gasteiger partial charge is 0.449 e. The lowest BCUT2D eigenvalue weighted by Gasteiger charge is -2.29. The third-order valence-electron chi connectivity index (χ3n) is 5.70. The van der Waals surface area contributed by atoms with E-state index in [1.165, 1.54) is 0 Å². The molecule has 2 N–H and O–H groups in total. The molecule has 0 unspecified atom stereocenters. The van der Waals surface area contributed by atoms with Gasteiger partial charge in [0.25, 0.3) is 0 Å². The van der Waals surface area contributed by atoms with Crippen LogP contribution in [-0.2, 0) is 14.3 Å². The van der Waals surface area contributed by atoms with E-state index in [4.69, 9.17) is 4.74 Å². The minimum Gasteiger partial charge on any atom is -0.449 e. The Bertz CT molecular complexity index is 932. The third-order valence-corrected chi connectivity index (χ3v) is 6.33. The first-order chi connectivity index (χ1) is 14.8. The zero-order valence-electron chi connectivity index (χ0n) is 17.9. The summed E-state index contributed by atoms with van der Waals surface area (Å²) in [4.78, 5) is 36.5. The number of ether oxygens (including phenoxy) is 1. The molecule has 0 fully saturated rings. The zero-order chi connectivity index (χ0) is 22.6. The topological polar surface area (TPSA) is 84.5 Å². The molecule has 1 aliphatic carbocycles. The minimum atomic E-state index is -1.32. The molecule has 0 saturated heterocycles. The van der Waals surface area contributed by atoms with Crippen LogP contribution in [0.2, 0.25) is 0 Å². The Hall–Kier alpha value is -2.80. The van der Waals surface area contributed by atoms with Gasteiger partial charge in [0, 0.05) is 11.7 Å². The van der Waals surface area contributed by atoms with E-state index in [1.54, 1.807) is 6.92 Å². The normalized spacial score (nSPS) is 15.4. The number of benzene rings is 2. The maximum Gasteiger partial charge on any atom is 0.408 e. The van der Waals surface area contributed by atoms with Crippen LogP contribution in [0.25, 0.3) is 11.1 Å². The molecule has 0 spiro atoms. The van der Waals surface area contributed by atoms with Crippen LogP contribution < -0.4 is 10.6 Å². The van der Waals surface area contributed by atoms with Gasteiger partial charge in [-0.25, -0.2) is 4.79 Å². The molecule has 0 aliphatic heterocycles. The first kappa shape index (κ1) is 22.9. The number of thiol groups is 1. The molecule has 0 heterocycles. The molecule has 2 amide bonds. The first-order valence-corrected chi connectivity index (χ1v) is 10.9. The highest BCUT2D eigenvalue weighted by Gasteiger charge is 2.36. The molecule has 6 nitrogen and oxygen atoms in total. The van der Waals surface area contributed by atoms with Crippen LogP contribution in [0, 0.1) is 5.92 Å². The number of amides is 2. The van der Waals surface area contributed by atoms with Crippen LogP contribution >= 0.6 is 12.6 Å². The second-order valence-electron chi connectivity index (χ2n) is 8.32. The highest BCUT2D eigenvalue weighted by atomic mass is 32.1. The standard InChI is InChI=1S/C24H28N2O4S/c1-15(2)21(12-27)25-22(28)24(3,14-31)26-23(29)30-13-20-18-10-6-4-8-16(18)17-9-5-7-11-19(17)20/h4-12,15,20-21,31H,13-14H2,1-3H3,(H,25,28)(H,26,29)/t21-,24-/m0/s1. The van der Waals surface area contributed by atoms with Gasteiger partial charge in [-0.3, -0.25) is 4.79 Å². The second kappa shape index (κ2) is 9.56. The molecule has 0 aromatic heterocycles. The Morgan fingerprint density at radius 3 is 2.13 bits per heavy atom. The SMILES string of the molecule is CC(C)[C@H](C=O)NC(=O)[C@](C)(CS)NC(=O)OCC1c2ccccc2-c2ccccc21. The fourth-order valence-electron chi connectivity index (χ4n) is 3.70. The molecular formula is C24H28N2O4S. The maximum atomic E-state index is 12.7. The minimum absolute atomic E-state index is 0.0483. The van der Waals surface area contributed by atoms with Gasteiger partial charge in [-0.2, -0.15) is 12.6 Å². The number of hydrogen-bond donors (Lipinski definition) is 3. The zero-order valence-corrected chi connectivity index (χ0v) is 18.8. The van der Waals surface area contributed by atoms with E-state index >= 15 is 0 Å².